The number of hydrogen-bond donors (Lipinski definition) is 0. The van der Waals surface area contributed by atoms with Crippen LogP contribution in [0.5, 0.6) is 0 Å². The van der Waals surface area contributed by atoms with E-state index < -0.39 is 0 Å². The van der Waals surface area contributed by atoms with Crippen molar-refractivity contribution in [1.29, 1.82) is 0 Å². The molecule has 0 amide bonds. The molecular formula is C18H17Br. The van der Waals surface area contributed by atoms with Crippen LogP contribution in [-0.2, 0) is 6.42 Å². The Morgan fingerprint density at radius 2 is 1.63 bits per heavy atom. The monoisotopic (exact) mass is 312 g/mol. The minimum atomic E-state index is 1.06. The zero-order valence-corrected chi connectivity index (χ0v) is 13.1. The molecule has 1 heteroatoms. The molecule has 0 atom stereocenters. The molecule has 0 heterocycles. The van der Waals surface area contributed by atoms with E-state index in [2.05, 4.69) is 73.1 Å². The summed E-state index contributed by atoms with van der Waals surface area (Å²) in [5.41, 5.74) is 9.49. The van der Waals surface area contributed by atoms with Crippen molar-refractivity contribution in [1.82, 2.24) is 0 Å². The predicted molar refractivity (Wildman–Crippen MR) is 86.5 cm³/mol. The molecule has 3 rings (SSSR count). The Bertz CT molecular complexity index is 670. The number of benzene rings is 2. The van der Waals surface area contributed by atoms with E-state index in [4.69, 9.17) is 0 Å². The van der Waals surface area contributed by atoms with E-state index in [9.17, 15) is 0 Å². The Morgan fingerprint density at radius 1 is 0.947 bits per heavy atom. The molecule has 0 unspecified atom stereocenters. The summed E-state index contributed by atoms with van der Waals surface area (Å²) in [6.07, 6.45) is 5.49. The summed E-state index contributed by atoms with van der Waals surface area (Å²) in [4.78, 5) is 0. The van der Waals surface area contributed by atoms with Gasteiger partial charge in [-0.05, 0) is 72.7 Å². The van der Waals surface area contributed by atoms with Gasteiger partial charge in [-0.1, -0.05) is 45.8 Å². The molecule has 0 bridgehead atoms. The molecule has 1 aliphatic carbocycles. The summed E-state index contributed by atoms with van der Waals surface area (Å²) in [5, 5.41) is 0. The number of rotatable bonds is 1. The minimum absolute atomic E-state index is 1.06. The highest BCUT2D eigenvalue weighted by Gasteiger charge is 2.14. The average Bonchev–Trinajstić information content (AvgIpc) is 2.74. The van der Waals surface area contributed by atoms with Crippen LogP contribution in [0.25, 0.3) is 17.2 Å². The first-order valence-electron chi connectivity index (χ1n) is 6.63. The van der Waals surface area contributed by atoms with Crippen LogP contribution < -0.4 is 0 Å². The van der Waals surface area contributed by atoms with Gasteiger partial charge >= 0.3 is 0 Å². The number of fused-ring (bicyclic) bond motifs is 1. The second kappa shape index (κ2) is 4.64. The highest BCUT2D eigenvalue weighted by Crippen LogP contribution is 2.37. The molecule has 1 aliphatic rings. The molecular weight excluding hydrogens is 296 g/mol. The third-order valence-electron chi connectivity index (χ3n) is 3.81. The van der Waals surface area contributed by atoms with Gasteiger partial charge in [-0.3, -0.25) is 0 Å². The summed E-state index contributed by atoms with van der Waals surface area (Å²) in [7, 11) is 0. The van der Waals surface area contributed by atoms with Gasteiger partial charge in [0.1, 0.15) is 0 Å². The topological polar surface area (TPSA) is 0 Å². The second-order valence-corrected chi connectivity index (χ2v) is 6.27. The molecule has 0 N–H and O–H groups in total. The van der Waals surface area contributed by atoms with Crippen LogP contribution >= 0.6 is 15.9 Å². The smallest absolute Gasteiger partial charge is 0.0260 e. The molecule has 19 heavy (non-hydrogen) atoms. The van der Waals surface area contributed by atoms with Crippen molar-refractivity contribution in [2.75, 3.05) is 0 Å². The lowest BCUT2D eigenvalue weighted by Gasteiger charge is -2.15. The molecule has 2 aromatic rings. The van der Waals surface area contributed by atoms with Crippen molar-refractivity contribution < 1.29 is 0 Å². The molecule has 0 spiro atoms. The van der Waals surface area contributed by atoms with E-state index >= 15 is 0 Å². The van der Waals surface area contributed by atoms with Gasteiger partial charge in [-0.2, -0.15) is 0 Å². The van der Waals surface area contributed by atoms with Crippen molar-refractivity contribution in [3.63, 3.8) is 0 Å². The summed E-state index contributed by atoms with van der Waals surface area (Å²) < 4.78 is 1.19. The Balaban J connectivity index is 2.24. The highest BCUT2D eigenvalue weighted by molar-refractivity contribution is 9.10. The first-order chi connectivity index (χ1) is 9.06. The fourth-order valence-electron chi connectivity index (χ4n) is 3.07. The van der Waals surface area contributed by atoms with Crippen molar-refractivity contribution >= 4 is 22.0 Å². The highest BCUT2D eigenvalue weighted by atomic mass is 79.9. The zero-order chi connectivity index (χ0) is 13.6. The predicted octanol–water partition coefficient (Wildman–Crippen LogP) is 5.61. The van der Waals surface area contributed by atoms with E-state index in [0.717, 1.165) is 6.42 Å². The first-order valence-corrected chi connectivity index (χ1v) is 7.43. The van der Waals surface area contributed by atoms with Crippen LogP contribution in [0.15, 0.2) is 34.8 Å². The lowest BCUT2D eigenvalue weighted by molar-refractivity contribution is 1.28. The molecule has 0 saturated carbocycles. The zero-order valence-electron chi connectivity index (χ0n) is 11.5. The Morgan fingerprint density at radius 3 is 2.32 bits per heavy atom. The Kier molecular flexibility index (Phi) is 3.10. The maximum Gasteiger partial charge on any atom is 0.0260 e. The van der Waals surface area contributed by atoms with Gasteiger partial charge < -0.3 is 0 Å². The molecule has 0 nitrogen and oxygen atoms in total. The number of aryl methyl sites for hydroxylation is 3. The van der Waals surface area contributed by atoms with Crippen LogP contribution in [0.1, 0.15) is 27.8 Å². The van der Waals surface area contributed by atoms with Gasteiger partial charge in [-0.15, -0.1) is 0 Å². The molecule has 0 fully saturated rings. The fourth-order valence-corrected chi connectivity index (χ4v) is 3.63. The van der Waals surface area contributed by atoms with Crippen molar-refractivity contribution in [2.24, 2.45) is 0 Å². The van der Waals surface area contributed by atoms with Crippen LogP contribution in [0.2, 0.25) is 0 Å². The maximum atomic E-state index is 3.74. The van der Waals surface area contributed by atoms with E-state index in [-0.39, 0.29) is 0 Å². The van der Waals surface area contributed by atoms with Crippen molar-refractivity contribution in [3.8, 4) is 11.1 Å². The number of hydrogen-bond acceptors (Lipinski definition) is 0. The normalized spacial score (nSPS) is 12.8. The number of halogens is 1. The van der Waals surface area contributed by atoms with Crippen LogP contribution in [0, 0.1) is 20.8 Å². The summed E-state index contributed by atoms with van der Waals surface area (Å²) in [6.45, 7) is 6.56. The molecule has 0 radical (unpaired) electrons. The third kappa shape index (κ3) is 2.17. The molecule has 0 aromatic heterocycles. The maximum absolute atomic E-state index is 3.74. The lowest BCUT2D eigenvalue weighted by atomic mass is 9.92. The Hall–Kier alpha value is -1.34. The fraction of sp³-hybridized carbons (Fsp3) is 0.222. The van der Waals surface area contributed by atoms with Gasteiger partial charge in [0.25, 0.3) is 0 Å². The lowest BCUT2D eigenvalue weighted by Crippen LogP contribution is -1.93. The standard InChI is InChI=1S/C18H17Br/c1-11-7-12(2)18(13(3)8-11)16-9-14-5-4-6-15(14)10-17(16)19/h4,6-10H,5H2,1-3H3. The van der Waals surface area contributed by atoms with E-state index in [1.807, 2.05) is 0 Å². The molecule has 96 valence electrons. The number of allylic oxidation sites excluding steroid dienone is 1. The summed E-state index contributed by atoms with van der Waals surface area (Å²) in [5.74, 6) is 0. The third-order valence-corrected chi connectivity index (χ3v) is 4.47. The van der Waals surface area contributed by atoms with Gasteiger partial charge in [0.15, 0.2) is 0 Å². The van der Waals surface area contributed by atoms with Gasteiger partial charge in [0.2, 0.25) is 0 Å². The van der Waals surface area contributed by atoms with Gasteiger partial charge in [0.05, 0.1) is 0 Å². The van der Waals surface area contributed by atoms with Crippen LogP contribution in [0.4, 0.5) is 0 Å². The van der Waals surface area contributed by atoms with E-state index in [1.54, 1.807) is 0 Å². The molecule has 0 saturated heterocycles. The van der Waals surface area contributed by atoms with Gasteiger partial charge in [0, 0.05) is 4.47 Å². The van der Waals surface area contributed by atoms with Gasteiger partial charge in [-0.25, -0.2) is 0 Å². The molecule has 0 aliphatic heterocycles. The Labute approximate surface area is 123 Å². The van der Waals surface area contributed by atoms with Crippen molar-refractivity contribution in [3.05, 3.63) is 62.6 Å². The minimum Gasteiger partial charge on any atom is -0.0795 e. The van der Waals surface area contributed by atoms with Crippen LogP contribution in [0.3, 0.4) is 0 Å². The summed E-state index contributed by atoms with van der Waals surface area (Å²) in [6, 6.07) is 9.11. The van der Waals surface area contributed by atoms with E-state index in [0.29, 0.717) is 0 Å². The first kappa shape index (κ1) is 12.7. The van der Waals surface area contributed by atoms with Crippen LogP contribution in [-0.4, -0.2) is 0 Å². The quantitative estimate of drug-likeness (QED) is 0.642. The van der Waals surface area contributed by atoms with Crippen molar-refractivity contribution in [2.45, 2.75) is 27.2 Å². The SMILES string of the molecule is Cc1cc(C)c(-c2cc3c(cc2Br)C=CC3)c(C)c1. The second-order valence-electron chi connectivity index (χ2n) is 5.41. The molecule has 2 aromatic carbocycles. The van der Waals surface area contributed by atoms with E-state index in [1.165, 1.54) is 43.4 Å². The largest absolute Gasteiger partial charge is 0.0795 e. The average molecular weight is 313 g/mol. The summed E-state index contributed by atoms with van der Waals surface area (Å²) >= 11 is 3.74.